The molecule has 2 N–H and O–H groups in total. The number of hydrogen-bond donors (Lipinski definition) is 2. The van der Waals surface area contributed by atoms with Gasteiger partial charge in [-0.05, 0) is 12.1 Å². The van der Waals surface area contributed by atoms with Crippen LogP contribution in [0.15, 0.2) is 18.3 Å². The number of hydrogen-bond acceptors (Lipinski definition) is 3. The highest BCUT2D eigenvalue weighted by atomic mass is 16.4. The number of aromatic nitrogens is 1. The maximum atomic E-state index is 10.2. The second kappa shape index (κ2) is 3.71. The normalized spacial score (nSPS) is 9.67. The van der Waals surface area contributed by atoms with E-state index in [1.54, 1.807) is 6.07 Å². The first-order valence-electron chi connectivity index (χ1n) is 3.54. The van der Waals surface area contributed by atoms with Crippen molar-refractivity contribution in [2.45, 2.75) is 12.8 Å². The lowest BCUT2D eigenvalue weighted by atomic mass is 10.2. The average Bonchev–Trinajstić information content (AvgIpc) is 2.03. The zero-order chi connectivity index (χ0) is 8.97. The summed E-state index contributed by atoms with van der Waals surface area (Å²) in [7, 11) is 0. The number of aromatic hydroxyl groups is 1. The Morgan fingerprint density at radius 1 is 1.50 bits per heavy atom. The number of aryl methyl sites for hydroxylation is 1. The molecule has 0 radical (unpaired) electrons. The van der Waals surface area contributed by atoms with Crippen LogP contribution in [0.3, 0.4) is 0 Å². The predicted molar refractivity (Wildman–Crippen MR) is 41.9 cm³/mol. The fourth-order valence-electron chi connectivity index (χ4n) is 0.800. The van der Waals surface area contributed by atoms with Crippen LogP contribution in [0, 0.1) is 0 Å². The smallest absolute Gasteiger partial charge is 0.303 e. The van der Waals surface area contributed by atoms with E-state index in [0.29, 0.717) is 12.1 Å². The topological polar surface area (TPSA) is 70.4 Å². The molecule has 64 valence electrons. The summed E-state index contributed by atoms with van der Waals surface area (Å²) in [5.74, 6) is -0.751. The summed E-state index contributed by atoms with van der Waals surface area (Å²) >= 11 is 0. The molecule has 0 aliphatic rings. The van der Waals surface area contributed by atoms with Crippen molar-refractivity contribution in [2.75, 3.05) is 0 Å². The molecule has 1 aromatic heterocycles. The van der Waals surface area contributed by atoms with Crippen LogP contribution in [0.2, 0.25) is 0 Å². The van der Waals surface area contributed by atoms with E-state index < -0.39 is 5.97 Å². The zero-order valence-corrected chi connectivity index (χ0v) is 6.40. The Labute approximate surface area is 69.5 Å². The maximum Gasteiger partial charge on any atom is 0.303 e. The molecule has 0 aromatic carbocycles. The fourth-order valence-corrected chi connectivity index (χ4v) is 0.800. The molecule has 1 rings (SSSR count). The molecule has 4 nitrogen and oxygen atoms in total. The number of carboxylic acid groups (broad SMARTS) is 1. The van der Waals surface area contributed by atoms with E-state index in [1.165, 1.54) is 12.3 Å². The van der Waals surface area contributed by atoms with Crippen LogP contribution in [-0.4, -0.2) is 21.2 Å². The van der Waals surface area contributed by atoms with Gasteiger partial charge in [-0.15, -0.1) is 0 Å². The molecule has 12 heavy (non-hydrogen) atoms. The molecule has 1 heterocycles. The van der Waals surface area contributed by atoms with Crippen LogP contribution < -0.4 is 0 Å². The van der Waals surface area contributed by atoms with Gasteiger partial charge in [0.2, 0.25) is 0 Å². The van der Waals surface area contributed by atoms with Gasteiger partial charge in [-0.1, -0.05) is 0 Å². The van der Waals surface area contributed by atoms with Gasteiger partial charge in [-0.25, -0.2) is 0 Å². The van der Waals surface area contributed by atoms with E-state index in [2.05, 4.69) is 4.98 Å². The third kappa shape index (κ3) is 2.57. The van der Waals surface area contributed by atoms with E-state index in [9.17, 15) is 4.79 Å². The molecule has 0 saturated carbocycles. The van der Waals surface area contributed by atoms with Gasteiger partial charge in [-0.3, -0.25) is 9.78 Å². The van der Waals surface area contributed by atoms with Crippen molar-refractivity contribution in [1.29, 1.82) is 0 Å². The summed E-state index contributed by atoms with van der Waals surface area (Å²) in [4.78, 5) is 14.0. The van der Waals surface area contributed by atoms with Gasteiger partial charge in [0.25, 0.3) is 0 Å². The van der Waals surface area contributed by atoms with Gasteiger partial charge >= 0.3 is 5.97 Å². The molecule has 0 aliphatic heterocycles. The van der Waals surface area contributed by atoms with E-state index in [4.69, 9.17) is 10.2 Å². The number of rotatable bonds is 3. The Bertz CT molecular complexity index is 268. The third-order valence-corrected chi connectivity index (χ3v) is 1.40. The lowest BCUT2D eigenvalue weighted by Crippen LogP contribution is -1.98. The lowest BCUT2D eigenvalue weighted by molar-refractivity contribution is -0.136. The number of carboxylic acids is 1. The molecule has 0 saturated heterocycles. The highest BCUT2D eigenvalue weighted by Crippen LogP contribution is 2.07. The minimum atomic E-state index is -0.843. The largest absolute Gasteiger partial charge is 0.506 e. The summed E-state index contributed by atoms with van der Waals surface area (Å²) < 4.78 is 0. The molecule has 0 fully saturated rings. The van der Waals surface area contributed by atoms with Gasteiger partial charge in [0.1, 0.15) is 5.75 Å². The number of aliphatic carboxylic acids is 1. The summed E-state index contributed by atoms with van der Waals surface area (Å²) in [5, 5.41) is 17.2. The van der Waals surface area contributed by atoms with E-state index in [1.807, 2.05) is 0 Å². The van der Waals surface area contributed by atoms with Gasteiger partial charge in [0.05, 0.1) is 12.6 Å². The first kappa shape index (κ1) is 8.52. The second-order valence-electron chi connectivity index (χ2n) is 2.40. The number of carbonyl (C=O) groups is 1. The standard InChI is InChI=1S/C8H9NO3/c10-7-3-1-6(9-5-7)2-4-8(11)12/h1,3,5,10H,2,4H2,(H,11,12). The fraction of sp³-hybridized carbons (Fsp3) is 0.250. The van der Waals surface area contributed by atoms with Crippen LogP contribution in [0.4, 0.5) is 0 Å². The first-order valence-corrected chi connectivity index (χ1v) is 3.54. The maximum absolute atomic E-state index is 10.2. The first-order chi connectivity index (χ1) is 5.68. The Balaban J connectivity index is 2.53. The summed E-state index contributed by atoms with van der Waals surface area (Å²) in [6.07, 6.45) is 1.77. The Kier molecular flexibility index (Phi) is 2.63. The average molecular weight is 167 g/mol. The third-order valence-electron chi connectivity index (χ3n) is 1.40. The molecule has 0 spiro atoms. The SMILES string of the molecule is O=C(O)CCc1ccc(O)cn1. The van der Waals surface area contributed by atoms with Gasteiger partial charge in [0, 0.05) is 12.1 Å². The van der Waals surface area contributed by atoms with Crippen molar-refractivity contribution >= 4 is 5.97 Å². The molecule has 0 amide bonds. The number of nitrogens with zero attached hydrogens (tertiary/aromatic N) is 1. The highest BCUT2D eigenvalue weighted by molar-refractivity contribution is 5.66. The Morgan fingerprint density at radius 3 is 2.75 bits per heavy atom. The van der Waals surface area contributed by atoms with E-state index >= 15 is 0 Å². The predicted octanol–water partition coefficient (Wildman–Crippen LogP) is 0.804. The van der Waals surface area contributed by atoms with Gasteiger partial charge in [0.15, 0.2) is 0 Å². The molecule has 1 aromatic rings. The van der Waals surface area contributed by atoms with Crippen molar-refractivity contribution in [1.82, 2.24) is 4.98 Å². The summed E-state index contributed by atoms with van der Waals surface area (Å²) in [5.41, 5.74) is 0.676. The van der Waals surface area contributed by atoms with Crippen molar-refractivity contribution < 1.29 is 15.0 Å². The lowest BCUT2D eigenvalue weighted by Gasteiger charge is -1.96. The van der Waals surface area contributed by atoms with Crippen LogP contribution in [0.25, 0.3) is 0 Å². The Hall–Kier alpha value is -1.58. The zero-order valence-electron chi connectivity index (χ0n) is 6.40. The van der Waals surface area contributed by atoms with Crippen LogP contribution in [-0.2, 0) is 11.2 Å². The van der Waals surface area contributed by atoms with Crippen LogP contribution in [0.5, 0.6) is 5.75 Å². The van der Waals surface area contributed by atoms with Crippen LogP contribution in [0.1, 0.15) is 12.1 Å². The summed E-state index contributed by atoms with van der Waals surface area (Å²) in [6.45, 7) is 0. The molecule has 0 bridgehead atoms. The minimum absolute atomic E-state index is 0.0672. The minimum Gasteiger partial charge on any atom is -0.506 e. The molecular formula is C8H9NO3. The monoisotopic (exact) mass is 167 g/mol. The van der Waals surface area contributed by atoms with Crippen molar-refractivity contribution in [2.24, 2.45) is 0 Å². The van der Waals surface area contributed by atoms with Crippen LogP contribution >= 0.6 is 0 Å². The van der Waals surface area contributed by atoms with Gasteiger partial charge < -0.3 is 10.2 Å². The molecular weight excluding hydrogens is 158 g/mol. The number of pyridine rings is 1. The molecule has 0 atom stereocenters. The quantitative estimate of drug-likeness (QED) is 0.698. The van der Waals surface area contributed by atoms with Crippen molar-refractivity contribution in [3.63, 3.8) is 0 Å². The van der Waals surface area contributed by atoms with Gasteiger partial charge in [-0.2, -0.15) is 0 Å². The summed E-state index contributed by atoms with van der Waals surface area (Å²) in [6, 6.07) is 3.10. The molecule has 0 aliphatic carbocycles. The van der Waals surface area contributed by atoms with E-state index in [0.717, 1.165) is 0 Å². The second-order valence-corrected chi connectivity index (χ2v) is 2.40. The van der Waals surface area contributed by atoms with Crippen molar-refractivity contribution in [3.05, 3.63) is 24.0 Å². The van der Waals surface area contributed by atoms with E-state index in [-0.39, 0.29) is 12.2 Å². The highest BCUT2D eigenvalue weighted by Gasteiger charge is 1.99. The van der Waals surface area contributed by atoms with Crippen molar-refractivity contribution in [3.8, 4) is 5.75 Å². The Morgan fingerprint density at radius 2 is 2.25 bits per heavy atom. The molecule has 0 unspecified atom stereocenters. The molecule has 4 heteroatoms.